The van der Waals surface area contributed by atoms with Gasteiger partial charge in [-0.1, -0.05) is 12.1 Å². The molecule has 0 aromatic heterocycles. The molecule has 8 heteroatoms. The van der Waals surface area contributed by atoms with E-state index in [0.717, 1.165) is 5.56 Å². The average Bonchev–Trinajstić information content (AvgIpc) is 2.62. The SMILES string of the molecule is CCOC(=O)Oc1ccc(NC(=O)NCc2ccc(C(=O)O)cc2)cc1. The summed E-state index contributed by atoms with van der Waals surface area (Å²) in [5.41, 5.74) is 1.46. The Balaban J connectivity index is 1.81. The van der Waals surface area contributed by atoms with Crippen LogP contribution in [-0.4, -0.2) is 29.9 Å². The summed E-state index contributed by atoms with van der Waals surface area (Å²) in [6.07, 6.45) is -0.792. The number of aromatic carboxylic acids is 1. The van der Waals surface area contributed by atoms with E-state index < -0.39 is 18.2 Å². The first-order valence-corrected chi connectivity index (χ1v) is 7.79. The van der Waals surface area contributed by atoms with Crippen LogP contribution in [0.2, 0.25) is 0 Å². The lowest BCUT2D eigenvalue weighted by Gasteiger charge is -2.09. The Morgan fingerprint density at radius 2 is 1.65 bits per heavy atom. The van der Waals surface area contributed by atoms with Gasteiger partial charge in [-0.2, -0.15) is 0 Å². The molecule has 2 amide bonds. The van der Waals surface area contributed by atoms with Crippen molar-refractivity contribution in [1.29, 1.82) is 0 Å². The molecule has 0 saturated carbocycles. The number of hydrogen-bond donors (Lipinski definition) is 3. The molecule has 8 nitrogen and oxygen atoms in total. The summed E-state index contributed by atoms with van der Waals surface area (Å²) in [6, 6.07) is 12.0. The topological polar surface area (TPSA) is 114 Å². The lowest BCUT2D eigenvalue weighted by atomic mass is 10.1. The fourth-order valence-electron chi connectivity index (χ4n) is 1.97. The summed E-state index contributed by atoms with van der Waals surface area (Å²) in [6.45, 7) is 2.14. The number of carboxylic acids is 1. The first-order chi connectivity index (χ1) is 12.5. The fourth-order valence-corrected chi connectivity index (χ4v) is 1.97. The Kier molecular flexibility index (Phi) is 6.55. The minimum Gasteiger partial charge on any atom is -0.478 e. The second-order valence-corrected chi connectivity index (χ2v) is 5.12. The number of carbonyl (C=O) groups is 3. The molecule has 0 bridgehead atoms. The third kappa shape index (κ3) is 5.82. The van der Waals surface area contributed by atoms with E-state index >= 15 is 0 Å². The van der Waals surface area contributed by atoms with Gasteiger partial charge in [0, 0.05) is 12.2 Å². The molecule has 136 valence electrons. The zero-order valence-electron chi connectivity index (χ0n) is 14.0. The van der Waals surface area contributed by atoms with Crippen molar-refractivity contribution in [3.05, 3.63) is 59.7 Å². The maximum Gasteiger partial charge on any atom is 0.513 e. The standard InChI is InChI=1S/C18H18N2O6/c1-2-25-18(24)26-15-9-7-14(8-10-15)20-17(23)19-11-12-3-5-13(6-4-12)16(21)22/h3-10H,2,11H2,1H3,(H,21,22)(H2,19,20,23). The van der Waals surface area contributed by atoms with Gasteiger partial charge in [0.05, 0.1) is 12.2 Å². The van der Waals surface area contributed by atoms with Crippen molar-refractivity contribution in [2.75, 3.05) is 11.9 Å². The molecule has 0 unspecified atom stereocenters. The molecular weight excluding hydrogens is 340 g/mol. The molecule has 0 aliphatic rings. The molecule has 2 rings (SSSR count). The predicted molar refractivity (Wildman–Crippen MR) is 93.4 cm³/mol. The van der Waals surface area contributed by atoms with E-state index in [0.29, 0.717) is 11.4 Å². The maximum atomic E-state index is 11.9. The van der Waals surface area contributed by atoms with Gasteiger partial charge in [-0.15, -0.1) is 0 Å². The Labute approximate surface area is 149 Å². The van der Waals surface area contributed by atoms with Crippen LogP contribution in [0, 0.1) is 0 Å². The van der Waals surface area contributed by atoms with Crippen molar-refractivity contribution in [3.63, 3.8) is 0 Å². The Bertz CT molecular complexity index is 771. The number of anilines is 1. The number of carbonyl (C=O) groups excluding carboxylic acids is 2. The molecule has 26 heavy (non-hydrogen) atoms. The van der Waals surface area contributed by atoms with E-state index in [4.69, 9.17) is 9.84 Å². The van der Waals surface area contributed by atoms with Crippen molar-refractivity contribution in [2.45, 2.75) is 13.5 Å². The highest BCUT2D eigenvalue weighted by molar-refractivity contribution is 5.89. The molecule has 0 radical (unpaired) electrons. The number of hydrogen-bond acceptors (Lipinski definition) is 5. The van der Waals surface area contributed by atoms with Gasteiger partial charge in [0.25, 0.3) is 0 Å². The van der Waals surface area contributed by atoms with Crippen LogP contribution in [0.5, 0.6) is 5.75 Å². The van der Waals surface area contributed by atoms with Crippen LogP contribution in [0.3, 0.4) is 0 Å². The second kappa shape index (κ2) is 9.07. The zero-order chi connectivity index (χ0) is 18.9. The van der Waals surface area contributed by atoms with Crippen LogP contribution in [0.15, 0.2) is 48.5 Å². The van der Waals surface area contributed by atoms with Crippen LogP contribution >= 0.6 is 0 Å². The summed E-state index contributed by atoms with van der Waals surface area (Å²) in [5, 5.41) is 14.1. The molecule has 0 spiro atoms. The largest absolute Gasteiger partial charge is 0.513 e. The minimum absolute atomic E-state index is 0.184. The third-order valence-electron chi connectivity index (χ3n) is 3.23. The highest BCUT2D eigenvalue weighted by atomic mass is 16.7. The Morgan fingerprint density at radius 1 is 1.00 bits per heavy atom. The van der Waals surface area contributed by atoms with Gasteiger partial charge in [0.15, 0.2) is 0 Å². The molecule has 0 aliphatic carbocycles. The van der Waals surface area contributed by atoms with Gasteiger partial charge in [-0.3, -0.25) is 0 Å². The Morgan fingerprint density at radius 3 is 2.23 bits per heavy atom. The summed E-state index contributed by atoms with van der Waals surface area (Å²) in [7, 11) is 0. The molecule has 0 heterocycles. The summed E-state index contributed by atoms with van der Waals surface area (Å²) in [4.78, 5) is 33.9. The normalized spacial score (nSPS) is 9.88. The van der Waals surface area contributed by atoms with Gasteiger partial charge in [0.1, 0.15) is 5.75 Å². The van der Waals surface area contributed by atoms with Crippen molar-refractivity contribution in [1.82, 2.24) is 5.32 Å². The number of nitrogens with one attached hydrogen (secondary N) is 2. The number of ether oxygens (including phenoxy) is 2. The predicted octanol–water partition coefficient (Wildman–Crippen LogP) is 3.24. The van der Waals surface area contributed by atoms with Crippen molar-refractivity contribution in [2.24, 2.45) is 0 Å². The van der Waals surface area contributed by atoms with Gasteiger partial charge in [-0.05, 0) is 48.9 Å². The first-order valence-electron chi connectivity index (χ1n) is 7.79. The number of amides is 2. The molecule has 0 aliphatic heterocycles. The van der Waals surface area contributed by atoms with E-state index in [-0.39, 0.29) is 18.7 Å². The maximum absolute atomic E-state index is 11.9. The molecule has 0 saturated heterocycles. The smallest absolute Gasteiger partial charge is 0.478 e. The van der Waals surface area contributed by atoms with E-state index in [1.807, 2.05) is 0 Å². The molecule has 2 aromatic carbocycles. The van der Waals surface area contributed by atoms with Crippen molar-refractivity contribution in [3.8, 4) is 5.75 Å². The first kappa shape index (κ1) is 18.8. The molecule has 0 fully saturated rings. The third-order valence-corrected chi connectivity index (χ3v) is 3.23. The summed E-state index contributed by atoms with van der Waals surface area (Å²) in [5.74, 6) is -0.703. The van der Waals surface area contributed by atoms with Crippen LogP contribution in [-0.2, 0) is 11.3 Å². The van der Waals surface area contributed by atoms with E-state index in [1.54, 1.807) is 31.2 Å². The summed E-state index contributed by atoms with van der Waals surface area (Å²) < 4.78 is 9.58. The van der Waals surface area contributed by atoms with Crippen LogP contribution < -0.4 is 15.4 Å². The van der Waals surface area contributed by atoms with Gasteiger partial charge < -0.3 is 25.2 Å². The van der Waals surface area contributed by atoms with Crippen LogP contribution in [0.4, 0.5) is 15.3 Å². The lowest BCUT2D eigenvalue weighted by Crippen LogP contribution is -2.28. The highest BCUT2D eigenvalue weighted by Gasteiger charge is 2.06. The van der Waals surface area contributed by atoms with E-state index in [1.165, 1.54) is 24.3 Å². The fraction of sp³-hybridized carbons (Fsp3) is 0.167. The zero-order valence-corrected chi connectivity index (χ0v) is 14.0. The number of carboxylic acid groups (broad SMARTS) is 1. The quantitative estimate of drug-likeness (QED) is 0.539. The van der Waals surface area contributed by atoms with Crippen LogP contribution in [0.1, 0.15) is 22.8 Å². The lowest BCUT2D eigenvalue weighted by molar-refractivity contribution is 0.0696. The van der Waals surface area contributed by atoms with E-state index in [9.17, 15) is 14.4 Å². The molecular formula is C18H18N2O6. The second-order valence-electron chi connectivity index (χ2n) is 5.12. The van der Waals surface area contributed by atoms with Crippen molar-refractivity contribution < 1.29 is 29.0 Å². The molecule has 2 aromatic rings. The summed E-state index contributed by atoms with van der Waals surface area (Å²) >= 11 is 0. The average molecular weight is 358 g/mol. The van der Waals surface area contributed by atoms with Crippen LogP contribution in [0.25, 0.3) is 0 Å². The van der Waals surface area contributed by atoms with Gasteiger partial charge in [0.2, 0.25) is 0 Å². The monoisotopic (exact) mass is 358 g/mol. The number of benzene rings is 2. The molecule has 3 N–H and O–H groups in total. The number of urea groups is 1. The highest BCUT2D eigenvalue weighted by Crippen LogP contribution is 2.16. The number of rotatable bonds is 6. The van der Waals surface area contributed by atoms with E-state index in [2.05, 4.69) is 15.4 Å². The Hall–Kier alpha value is -3.55. The van der Waals surface area contributed by atoms with Gasteiger partial charge >= 0.3 is 18.2 Å². The van der Waals surface area contributed by atoms with Crippen molar-refractivity contribution >= 4 is 23.8 Å². The minimum atomic E-state index is -1.00. The molecule has 0 atom stereocenters. The van der Waals surface area contributed by atoms with Gasteiger partial charge in [-0.25, -0.2) is 14.4 Å².